The van der Waals surface area contributed by atoms with Crippen LogP contribution < -0.4 is 25.4 Å². The quantitative estimate of drug-likeness (QED) is 0.0182. The second-order valence-corrected chi connectivity index (χ2v) is 33.4. The zero-order valence-corrected chi connectivity index (χ0v) is 71.8. The number of rotatable bonds is 35. The Balaban J connectivity index is 0.000000359. The fourth-order valence-electron chi connectivity index (χ4n) is 10.9. The maximum Gasteiger partial charge on any atom is 0.263 e. The van der Waals surface area contributed by atoms with Gasteiger partial charge in [0.1, 0.15) is 48.6 Å². The standard InChI is InChI=1S/C35H53N6O8PS.C20H23N5O5.C9H18O3S.C6H16NP.C6H15N/c1-10-26-29(49-50(41(23(2)3)24(4)5)47-17-16-45-18-19-51-34(43)35(6,7)8)30(44-9)33(48-26)40-22-38-28-31(36-21-37-32(28)40)39-27(42)20-46-25-14-12-11-13-15-25;1-3-13-16(27)17(28-2)20(30-13)25-11-23-15-18(21-10-22-19(15)25)24-14(26)9-29-12-7-5-4-6-8-12;1-9(2,3)8(11)13-7-6-12-5-4-10;1-5(2)7(8)6(3)4;1-5(2)7-6(3)4/h11-15,21-24,26,29-30,33H,10,16-20H2,1-9H3,(H,36,37,39,42);4-8,10-11,13,16-17,20,27H,3,9H2,1-2H3,(H,21,22,24,26);10H,4-7H2,1-3H3;5-6H,8H2,1-4H3;5-7H,1-4H3/t26-,29?,30+,33-,50?;13-,16?,17+,20-;;;/m11.../s1. The number of aliphatic hydroxyl groups excluding tert-OH is 2. The van der Waals surface area contributed by atoms with Crippen molar-refractivity contribution in [1.82, 2.24) is 53.7 Å². The van der Waals surface area contributed by atoms with Crippen LogP contribution in [0.25, 0.3) is 22.3 Å². The first-order valence-electron chi connectivity index (χ1n) is 37.3. The van der Waals surface area contributed by atoms with Crippen molar-refractivity contribution in [2.45, 2.75) is 237 Å². The molecule has 5 N–H and O–H groups in total. The number of carbonyl (C=O) groups excluding carboxylic acids is 4. The Labute approximate surface area is 658 Å². The number of fused-ring (bicyclic) bond motifs is 2. The lowest BCUT2D eigenvalue weighted by Crippen LogP contribution is -2.39. The Morgan fingerprint density at radius 3 is 1.37 bits per heavy atom. The zero-order chi connectivity index (χ0) is 81.1. The van der Waals surface area contributed by atoms with Crippen LogP contribution in [-0.4, -0.2) is 232 Å². The van der Waals surface area contributed by atoms with Gasteiger partial charge in [0.15, 0.2) is 69.9 Å². The number of methoxy groups -OCH3 is 2. The molecule has 33 heteroatoms. The molecule has 0 aliphatic carbocycles. The highest BCUT2D eigenvalue weighted by molar-refractivity contribution is 8.14. The first-order valence-corrected chi connectivity index (χ1v) is 40.9. The van der Waals surface area contributed by atoms with Crippen LogP contribution in [-0.2, 0) is 56.6 Å². The topological polar surface area (TPSA) is 331 Å². The van der Waals surface area contributed by atoms with Crippen molar-refractivity contribution < 1.29 is 76.3 Å². The maximum absolute atomic E-state index is 12.7. The highest BCUT2D eigenvalue weighted by atomic mass is 32.2. The summed E-state index contributed by atoms with van der Waals surface area (Å²) in [5.41, 5.74) is 1.07. The van der Waals surface area contributed by atoms with Gasteiger partial charge in [-0.25, -0.2) is 34.6 Å². The summed E-state index contributed by atoms with van der Waals surface area (Å²) < 4.78 is 67.2. The van der Waals surface area contributed by atoms with E-state index in [1.54, 1.807) is 46.8 Å². The van der Waals surface area contributed by atoms with Gasteiger partial charge in [-0.1, -0.05) is 152 Å². The summed E-state index contributed by atoms with van der Waals surface area (Å²) >= 11 is 2.58. The van der Waals surface area contributed by atoms with E-state index in [1.807, 2.05) is 91.8 Å². The number of hydrogen-bond acceptors (Lipinski definition) is 27. The number of aliphatic hydroxyl groups is 2. The molecule has 2 aromatic carbocycles. The number of anilines is 2. The summed E-state index contributed by atoms with van der Waals surface area (Å²) in [5.74, 6) is 2.20. The number of carbonyl (C=O) groups is 4. The molecule has 8 rings (SSSR count). The molecule has 2 fully saturated rings. The predicted molar refractivity (Wildman–Crippen MR) is 435 cm³/mol. The molecular weight excluding hydrogens is 1480 g/mol. The lowest BCUT2D eigenvalue weighted by atomic mass is 9.99. The monoisotopic (exact) mass is 1600 g/mol. The summed E-state index contributed by atoms with van der Waals surface area (Å²) in [6.45, 7) is 42.9. The van der Waals surface area contributed by atoms with E-state index in [4.69, 9.17) is 52.0 Å². The summed E-state index contributed by atoms with van der Waals surface area (Å²) in [4.78, 5) is 74.7. The molecule has 0 saturated carbocycles. The number of aromatic nitrogens is 8. The fraction of sp³-hybridized carbons (Fsp3) is 0.658. The molecule has 6 aromatic rings. The van der Waals surface area contributed by atoms with Crippen molar-refractivity contribution in [2.75, 3.05) is 89.2 Å². The van der Waals surface area contributed by atoms with E-state index in [0.717, 1.165) is 0 Å². The molecule has 0 spiro atoms. The summed E-state index contributed by atoms with van der Waals surface area (Å²) in [5, 5.41) is 28.0. The SMILES string of the molecule is CC(C)(C)C(=O)SCCOCCO.CC(C)N(P)C(C)C.CC(C)NC(C)C.CC[C@H]1O[C@@H](n2cnc3c(NC(=O)COc4ccccc4)ncnc32)[C@@H](OC)C1O.CC[C@H]1O[C@@H](n2cnc3c(NC(=O)COc4ccccc4)ncnc32)[C@@H](OC)C1OP(OCCOCCSC(=O)C(C)(C)C)N(C(C)C)C(C)C. The van der Waals surface area contributed by atoms with Crippen LogP contribution in [0.1, 0.15) is 164 Å². The highest BCUT2D eigenvalue weighted by Gasteiger charge is 2.49. The molecular formula is C76H125N13O16P2S2. The van der Waals surface area contributed by atoms with Gasteiger partial charge in [0.25, 0.3) is 20.3 Å². The molecule has 612 valence electrons. The van der Waals surface area contributed by atoms with Gasteiger partial charge in [0.05, 0.1) is 64.5 Å². The third-order valence-electron chi connectivity index (χ3n) is 16.1. The fourth-order valence-corrected chi connectivity index (χ4v) is 14.2. The van der Waals surface area contributed by atoms with E-state index >= 15 is 0 Å². The van der Waals surface area contributed by atoms with Crippen LogP contribution in [0, 0.1) is 10.8 Å². The third-order valence-corrected chi connectivity index (χ3v) is 21.9. The second kappa shape index (κ2) is 49.2. The van der Waals surface area contributed by atoms with Gasteiger partial charge in [-0.05, 0) is 92.5 Å². The zero-order valence-electron chi connectivity index (χ0n) is 68.1. The molecule has 2 amide bonds. The highest BCUT2D eigenvalue weighted by Crippen LogP contribution is 2.51. The maximum atomic E-state index is 12.7. The number of nitrogens with zero attached hydrogens (tertiary/aromatic N) is 10. The molecule has 4 unspecified atom stereocenters. The molecule has 0 radical (unpaired) electrons. The van der Waals surface area contributed by atoms with E-state index in [2.05, 4.69) is 148 Å². The van der Waals surface area contributed by atoms with Crippen LogP contribution in [0.4, 0.5) is 11.6 Å². The summed E-state index contributed by atoms with van der Waals surface area (Å²) in [6, 6.07) is 21.0. The average molecular weight is 1600 g/mol. The van der Waals surface area contributed by atoms with Gasteiger partial charge in [0.2, 0.25) is 0 Å². The molecule has 109 heavy (non-hydrogen) atoms. The predicted octanol–water partition coefficient (Wildman–Crippen LogP) is 12.4. The molecule has 2 aliphatic rings. The number of amides is 2. The second-order valence-electron chi connectivity index (χ2n) is 29.3. The van der Waals surface area contributed by atoms with E-state index in [0.29, 0.717) is 115 Å². The Hall–Kier alpha value is -5.54. The largest absolute Gasteiger partial charge is 0.484 e. The Morgan fingerprint density at radius 2 is 1.00 bits per heavy atom. The smallest absolute Gasteiger partial charge is 0.263 e. The van der Waals surface area contributed by atoms with Crippen molar-refractivity contribution in [1.29, 1.82) is 0 Å². The summed E-state index contributed by atoms with van der Waals surface area (Å²) in [6.07, 6.45) is 2.89. The molecule has 4 aromatic heterocycles. The Bertz CT molecular complexity index is 3560. The minimum absolute atomic E-state index is 0.0396. The number of imidazole rings is 2. The van der Waals surface area contributed by atoms with Gasteiger partial charge in [-0.2, -0.15) is 0 Å². The Kier molecular flexibility index (Phi) is 43.2. The number of nitrogens with one attached hydrogen (secondary N) is 3. The number of benzene rings is 2. The first-order chi connectivity index (χ1) is 51.6. The van der Waals surface area contributed by atoms with Crippen molar-refractivity contribution in [3.05, 3.63) is 86.0 Å². The van der Waals surface area contributed by atoms with Crippen molar-refractivity contribution >= 4 is 97.4 Å². The van der Waals surface area contributed by atoms with Crippen molar-refractivity contribution in [2.24, 2.45) is 10.8 Å². The number of ether oxygens (including phenoxy) is 8. The average Bonchev–Trinajstić information content (AvgIpc) is 1.62. The van der Waals surface area contributed by atoms with Crippen molar-refractivity contribution in [3.63, 3.8) is 0 Å². The molecule has 2 aliphatic heterocycles. The van der Waals surface area contributed by atoms with Gasteiger partial charge in [0, 0.05) is 72.8 Å². The van der Waals surface area contributed by atoms with Crippen molar-refractivity contribution in [3.8, 4) is 11.5 Å². The number of thioether (sulfide) groups is 2. The lowest BCUT2D eigenvalue weighted by molar-refractivity contribution is -0.118. The molecule has 2 saturated heterocycles. The van der Waals surface area contributed by atoms with Crippen LogP contribution in [0.15, 0.2) is 86.0 Å². The first kappa shape index (κ1) is 95.8. The molecule has 10 atom stereocenters. The van der Waals surface area contributed by atoms with Crippen LogP contribution >= 0.6 is 41.4 Å². The summed E-state index contributed by atoms with van der Waals surface area (Å²) in [7, 11) is 4.32. The third kappa shape index (κ3) is 32.1. The minimum atomic E-state index is -1.55. The van der Waals surface area contributed by atoms with E-state index in [-0.39, 0.29) is 88.6 Å². The molecule has 0 bridgehead atoms. The lowest BCUT2D eigenvalue weighted by Gasteiger charge is -2.38. The normalized spacial score (nSPS) is 18.9. The molecule has 29 nitrogen and oxygen atoms in total. The van der Waals surface area contributed by atoms with Gasteiger partial charge in [-0.3, -0.25) is 33.0 Å². The van der Waals surface area contributed by atoms with Gasteiger partial charge in [-0.15, -0.1) is 0 Å². The Morgan fingerprint density at radius 1 is 0.578 bits per heavy atom. The van der Waals surface area contributed by atoms with Crippen LogP contribution in [0.2, 0.25) is 0 Å². The van der Waals surface area contributed by atoms with Gasteiger partial charge >= 0.3 is 0 Å². The number of hydrogen-bond donors (Lipinski definition) is 5. The molecule has 6 heterocycles. The van der Waals surface area contributed by atoms with Crippen LogP contribution in [0.5, 0.6) is 11.5 Å². The minimum Gasteiger partial charge on any atom is -0.484 e. The van der Waals surface area contributed by atoms with E-state index in [1.165, 1.54) is 49.6 Å². The van der Waals surface area contributed by atoms with Crippen LogP contribution in [0.3, 0.4) is 0 Å². The van der Waals surface area contributed by atoms with E-state index in [9.17, 15) is 24.3 Å². The van der Waals surface area contributed by atoms with Gasteiger partial charge < -0.3 is 73.1 Å². The van der Waals surface area contributed by atoms with E-state index < -0.39 is 45.4 Å². The number of para-hydroxylation sites is 2.